The molecular weight excluding hydrogens is 240 g/mol. The van der Waals surface area contributed by atoms with Crippen LogP contribution < -0.4 is 5.32 Å². The fourth-order valence-corrected chi connectivity index (χ4v) is 2.27. The molecule has 0 spiro atoms. The minimum atomic E-state index is 0.222. The molecule has 1 atom stereocenters. The number of likely N-dealkylation sites (N-methyl/N-ethyl adjacent to an activating group) is 1. The molecule has 0 aliphatic carbocycles. The van der Waals surface area contributed by atoms with E-state index in [2.05, 4.69) is 40.6 Å². The molecule has 6 nitrogen and oxygen atoms in total. The molecule has 0 radical (unpaired) electrons. The van der Waals surface area contributed by atoms with Crippen LogP contribution in [0.3, 0.4) is 0 Å². The minimum absolute atomic E-state index is 0.222. The van der Waals surface area contributed by atoms with Gasteiger partial charge in [-0.15, -0.1) is 5.10 Å². The van der Waals surface area contributed by atoms with Crippen LogP contribution in [0.4, 0.5) is 0 Å². The van der Waals surface area contributed by atoms with Crippen LogP contribution in [0.25, 0.3) is 0 Å². The molecule has 2 aromatic heterocycles. The lowest BCUT2D eigenvalue weighted by Crippen LogP contribution is -2.25. The van der Waals surface area contributed by atoms with Crippen molar-refractivity contribution in [2.24, 2.45) is 14.1 Å². The van der Waals surface area contributed by atoms with Crippen molar-refractivity contribution in [1.82, 2.24) is 30.1 Å². The fraction of sp³-hybridized carbons (Fsp3) is 0.615. The second-order valence-electron chi connectivity index (χ2n) is 4.74. The predicted octanol–water partition coefficient (Wildman–Crippen LogP) is 1.00. The average molecular weight is 262 g/mol. The van der Waals surface area contributed by atoms with Gasteiger partial charge in [0.05, 0.1) is 23.1 Å². The van der Waals surface area contributed by atoms with Crippen molar-refractivity contribution in [1.29, 1.82) is 0 Å². The Morgan fingerprint density at radius 3 is 2.58 bits per heavy atom. The van der Waals surface area contributed by atoms with E-state index in [4.69, 9.17) is 0 Å². The van der Waals surface area contributed by atoms with Crippen LogP contribution >= 0.6 is 0 Å². The fourth-order valence-electron chi connectivity index (χ4n) is 2.27. The standard InChI is InChI=1S/C13H22N6/c1-5-10-8-13(19(4)16-10)12(14-6-2)7-11-9-18(3)17-15-11/h8-9,12,14H,5-7H2,1-4H3. The number of rotatable bonds is 6. The van der Waals surface area contributed by atoms with Gasteiger partial charge in [0.1, 0.15) is 0 Å². The molecule has 0 bridgehead atoms. The summed E-state index contributed by atoms with van der Waals surface area (Å²) in [5.74, 6) is 0. The third kappa shape index (κ3) is 3.20. The molecule has 2 aromatic rings. The number of hydrogen-bond donors (Lipinski definition) is 1. The van der Waals surface area contributed by atoms with Crippen LogP contribution in [-0.2, 0) is 26.9 Å². The number of hydrogen-bond acceptors (Lipinski definition) is 4. The van der Waals surface area contributed by atoms with Gasteiger partial charge in [0, 0.05) is 26.7 Å². The summed E-state index contributed by atoms with van der Waals surface area (Å²) in [5, 5.41) is 16.2. The molecular formula is C13H22N6. The molecule has 0 saturated carbocycles. The first kappa shape index (κ1) is 13.7. The van der Waals surface area contributed by atoms with E-state index < -0.39 is 0 Å². The Kier molecular flexibility index (Phi) is 4.31. The van der Waals surface area contributed by atoms with Crippen molar-refractivity contribution in [2.45, 2.75) is 32.7 Å². The lowest BCUT2D eigenvalue weighted by Gasteiger charge is -2.16. The summed E-state index contributed by atoms with van der Waals surface area (Å²) < 4.78 is 3.70. The van der Waals surface area contributed by atoms with Gasteiger partial charge in [-0.3, -0.25) is 9.36 Å². The van der Waals surface area contributed by atoms with Crippen molar-refractivity contribution in [3.63, 3.8) is 0 Å². The molecule has 2 rings (SSSR count). The van der Waals surface area contributed by atoms with Crippen LogP contribution in [0.15, 0.2) is 12.3 Å². The largest absolute Gasteiger partial charge is 0.309 e. The van der Waals surface area contributed by atoms with E-state index in [9.17, 15) is 0 Å². The molecule has 0 aliphatic heterocycles. The van der Waals surface area contributed by atoms with Crippen molar-refractivity contribution in [3.8, 4) is 0 Å². The van der Waals surface area contributed by atoms with Crippen molar-refractivity contribution in [3.05, 3.63) is 29.3 Å². The van der Waals surface area contributed by atoms with Crippen LogP contribution in [0.1, 0.15) is 37.0 Å². The topological polar surface area (TPSA) is 60.6 Å². The summed E-state index contributed by atoms with van der Waals surface area (Å²) in [7, 11) is 3.88. The summed E-state index contributed by atoms with van der Waals surface area (Å²) in [6, 6.07) is 2.39. The quantitative estimate of drug-likeness (QED) is 0.844. The molecule has 0 aliphatic rings. The number of aromatic nitrogens is 5. The molecule has 0 aromatic carbocycles. The summed E-state index contributed by atoms with van der Waals surface area (Å²) in [6.45, 7) is 5.15. The Balaban J connectivity index is 2.21. The highest BCUT2D eigenvalue weighted by molar-refractivity contribution is 5.16. The van der Waals surface area contributed by atoms with Gasteiger partial charge in [-0.1, -0.05) is 19.1 Å². The first-order chi connectivity index (χ1) is 9.13. The molecule has 19 heavy (non-hydrogen) atoms. The normalized spacial score (nSPS) is 12.8. The molecule has 0 saturated heterocycles. The molecule has 6 heteroatoms. The molecule has 1 unspecified atom stereocenters. The number of aryl methyl sites for hydroxylation is 3. The third-order valence-corrected chi connectivity index (χ3v) is 3.20. The summed E-state index contributed by atoms with van der Waals surface area (Å²) in [5.41, 5.74) is 3.32. The van der Waals surface area contributed by atoms with Gasteiger partial charge in [0.25, 0.3) is 0 Å². The third-order valence-electron chi connectivity index (χ3n) is 3.20. The first-order valence-corrected chi connectivity index (χ1v) is 6.75. The summed E-state index contributed by atoms with van der Waals surface area (Å²) >= 11 is 0. The van der Waals surface area contributed by atoms with E-state index in [0.29, 0.717) is 0 Å². The van der Waals surface area contributed by atoms with Crippen LogP contribution in [0.2, 0.25) is 0 Å². The lowest BCUT2D eigenvalue weighted by atomic mass is 10.1. The monoisotopic (exact) mass is 262 g/mol. The number of nitrogens with zero attached hydrogens (tertiary/aromatic N) is 5. The minimum Gasteiger partial charge on any atom is -0.309 e. The molecule has 0 amide bonds. The Labute approximate surface area is 113 Å². The smallest absolute Gasteiger partial charge is 0.0846 e. The van der Waals surface area contributed by atoms with Gasteiger partial charge >= 0.3 is 0 Å². The molecule has 2 heterocycles. The Morgan fingerprint density at radius 1 is 1.26 bits per heavy atom. The Hall–Kier alpha value is -1.69. The Morgan fingerprint density at radius 2 is 2.05 bits per heavy atom. The van der Waals surface area contributed by atoms with Gasteiger partial charge in [-0.05, 0) is 19.0 Å². The second kappa shape index (κ2) is 5.97. The van der Waals surface area contributed by atoms with E-state index in [-0.39, 0.29) is 6.04 Å². The zero-order chi connectivity index (χ0) is 13.8. The summed E-state index contributed by atoms with van der Waals surface area (Å²) in [4.78, 5) is 0. The van der Waals surface area contributed by atoms with Gasteiger partial charge in [-0.25, -0.2) is 0 Å². The SMILES string of the molecule is CCNC(Cc1cn(C)nn1)c1cc(CC)nn1C. The highest BCUT2D eigenvalue weighted by atomic mass is 15.4. The van der Waals surface area contributed by atoms with Gasteiger partial charge in [0.15, 0.2) is 0 Å². The maximum Gasteiger partial charge on any atom is 0.0846 e. The maximum atomic E-state index is 4.51. The second-order valence-corrected chi connectivity index (χ2v) is 4.74. The highest BCUT2D eigenvalue weighted by Crippen LogP contribution is 2.18. The van der Waals surface area contributed by atoms with Crippen LogP contribution in [0.5, 0.6) is 0 Å². The van der Waals surface area contributed by atoms with E-state index in [0.717, 1.165) is 30.8 Å². The van der Waals surface area contributed by atoms with Crippen molar-refractivity contribution >= 4 is 0 Å². The predicted molar refractivity (Wildman–Crippen MR) is 73.7 cm³/mol. The molecule has 104 valence electrons. The molecule has 0 fully saturated rings. The van der Waals surface area contributed by atoms with E-state index >= 15 is 0 Å². The zero-order valence-electron chi connectivity index (χ0n) is 12.1. The van der Waals surface area contributed by atoms with Crippen LogP contribution in [0, 0.1) is 0 Å². The van der Waals surface area contributed by atoms with E-state index in [1.807, 2.05) is 25.0 Å². The lowest BCUT2D eigenvalue weighted by molar-refractivity contribution is 0.503. The van der Waals surface area contributed by atoms with Gasteiger partial charge in [-0.2, -0.15) is 5.10 Å². The summed E-state index contributed by atoms with van der Waals surface area (Å²) in [6.07, 6.45) is 3.74. The first-order valence-electron chi connectivity index (χ1n) is 6.75. The van der Waals surface area contributed by atoms with Gasteiger partial charge < -0.3 is 5.32 Å². The highest BCUT2D eigenvalue weighted by Gasteiger charge is 2.17. The van der Waals surface area contributed by atoms with Crippen molar-refractivity contribution < 1.29 is 0 Å². The number of nitrogens with one attached hydrogen (secondary N) is 1. The average Bonchev–Trinajstić information content (AvgIpc) is 2.95. The van der Waals surface area contributed by atoms with E-state index in [1.54, 1.807) is 4.68 Å². The molecule has 1 N–H and O–H groups in total. The zero-order valence-corrected chi connectivity index (χ0v) is 12.1. The van der Waals surface area contributed by atoms with Crippen molar-refractivity contribution in [2.75, 3.05) is 6.54 Å². The Bertz CT molecular complexity index is 527. The van der Waals surface area contributed by atoms with Gasteiger partial charge in [0.2, 0.25) is 0 Å². The van der Waals surface area contributed by atoms with E-state index in [1.165, 1.54) is 5.69 Å². The van der Waals surface area contributed by atoms with Crippen LogP contribution in [-0.4, -0.2) is 31.3 Å². The maximum absolute atomic E-state index is 4.51.